The predicted octanol–water partition coefficient (Wildman–Crippen LogP) is 2.39. The minimum absolute atomic E-state index is 0.0221. The third-order valence-corrected chi connectivity index (χ3v) is 8.98. The van der Waals surface area contributed by atoms with Crippen LogP contribution in [0.5, 0.6) is 0 Å². The number of benzene rings is 3. The second-order valence-corrected chi connectivity index (χ2v) is 12.6. The number of nitrogens with one attached hydrogen (secondary N) is 3. The third-order valence-electron chi connectivity index (χ3n) is 8.98. The number of carbonyl (C=O) groups excluding carboxylic acids is 6. The van der Waals surface area contributed by atoms with Gasteiger partial charge in [0.15, 0.2) is 0 Å². The largest absolute Gasteiger partial charge is 0.467 e. The lowest BCUT2D eigenvalue weighted by Gasteiger charge is -2.28. The lowest BCUT2D eigenvalue weighted by Crippen LogP contribution is -2.53. The first-order valence-corrected chi connectivity index (χ1v) is 17.6. The van der Waals surface area contributed by atoms with Crippen LogP contribution in [0.3, 0.4) is 0 Å². The molecule has 6 amide bonds. The van der Waals surface area contributed by atoms with Gasteiger partial charge in [0, 0.05) is 58.5 Å². The Morgan fingerprint density at radius 1 is 0.444 bits per heavy atom. The van der Waals surface area contributed by atoms with E-state index in [0.29, 0.717) is 0 Å². The highest BCUT2D eigenvalue weighted by atomic mass is 16.5. The van der Waals surface area contributed by atoms with Crippen molar-refractivity contribution in [2.45, 2.75) is 37.4 Å². The summed E-state index contributed by atoms with van der Waals surface area (Å²) < 4.78 is 14.9. The molecule has 15 heteroatoms. The molecule has 0 aliphatic carbocycles. The van der Waals surface area contributed by atoms with Crippen LogP contribution >= 0.6 is 0 Å². The topological polar surface area (TPSA) is 176 Å². The summed E-state index contributed by atoms with van der Waals surface area (Å²) in [6.45, 7) is 0.133. The zero-order valence-corrected chi connectivity index (χ0v) is 30.8. The van der Waals surface area contributed by atoms with Gasteiger partial charge in [-0.2, -0.15) is 0 Å². The van der Waals surface area contributed by atoms with Gasteiger partial charge in [-0.1, -0.05) is 91.0 Å². The highest BCUT2D eigenvalue weighted by Gasteiger charge is 2.31. The molecule has 3 atom stereocenters. The molecular formula is C39H48N6O9. The van der Waals surface area contributed by atoms with E-state index in [9.17, 15) is 28.8 Å². The van der Waals surface area contributed by atoms with Gasteiger partial charge in [0.1, 0.15) is 18.1 Å². The molecule has 0 bridgehead atoms. The van der Waals surface area contributed by atoms with E-state index in [2.05, 4.69) is 16.0 Å². The van der Waals surface area contributed by atoms with Crippen LogP contribution in [0.1, 0.15) is 16.7 Å². The van der Waals surface area contributed by atoms with Crippen LogP contribution < -0.4 is 16.0 Å². The number of amides is 6. The number of hydrogen-bond acceptors (Lipinski definition) is 9. The molecule has 3 aromatic rings. The maximum Gasteiger partial charge on any atom is 0.328 e. The minimum atomic E-state index is -1.02. The third kappa shape index (κ3) is 12.2. The van der Waals surface area contributed by atoms with E-state index in [1.165, 1.54) is 36.0 Å². The monoisotopic (exact) mass is 744 g/mol. The maximum atomic E-state index is 13.8. The van der Waals surface area contributed by atoms with E-state index in [-0.39, 0.29) is 58.5 Å². The lowest BCUT2D eigenvalue weighted by atomic mass is 10.1. The second kappa shape index (κ2) is 20.8. The van der Waals surface area contributed by atoms with Crippen LogP contribution in [0.2, 0.25) is 0 Å². The number of ether oxygens (including phenoxy) is 3. The van der Waals surface area contributed by atoms with Gasteiger partial charge in [0.2, 0.25) is 0 Å². The number of carbonyl (C=O) groups is 6. The van der Waals surface area contributed by atoms with Gasteiger partial charge >= 0.3 is 36.0 Å². The Balaban J connectivity index is 1.56. The quantitative estimate of drug-likeness (QED) is 0.186. The first kappa shape index (κ1) is 40.6. The highest BCUT2D eigenvalue weighted by molar-refractivity contribution is 5.86. The van der Waals surface area contributed by atoms with Crippen molar-refractivity contribution >= 4 is 36.0 Å². The summed E-state index contributed by atoms with van der Waals surface area (Å²) in [6.07, 6.45) is 0.508. The average molecular weight is 745 g/mol. The standard InChI is InChI=1S/C39H48N6O9/c1-52-34(46)31(25-28-13-7-4-8-14-28)40-37(49)43-19-21-44(38(50)41-32(35(47)53-2)26-29-15-9-5-10-16-29)23-24-45(22-20-43)39(51)42-33(36(48)54-3)27-30-17-11-6-12-18-30/h4-18,31-33H,19-27H2,1-3H3,(H,40,49)(H,41,50)(H,42,51)/t31-,32-,33-/m0/s1. The maximum absolute atomic E-state index is 13.8. The molecule has 0 saturated carbocycles. The molecule has 4 rings (SSSR count). The van der Waals surface area contributed by atoms with E-state index in [4.69, 9.17) is 14.2 Å². The van der Waals surface area contributed by atoms with Crippen molar-refractivity contribution in [3.63, 3.8) is 0 Å². The summed E-state index contributed by atoms with van der Waals surface area (Å²) in [6, 6.07) is 22.5. The molecular weight excluding hydrogens is 696 g/mol. The van der Waals surface area contributed by atoms with Crippen LogP contribution in [-0.2, 0) is 47.9 Å². The number of rotatable bonds is 12. The Labute approximate surface area is 314 Å². The molecule has 15 nitrogen and oxygen atoms in total. The molecule has 288 valence electrons. The van der Waals surface area contributed by atoms with E-state index in [1.807, 2.05) is 91.0 Å². The number of urea groups is 3. The van der Waals surface area contributed by atoms with Gasteiger partial charge in [-0.25, -0.2) is 28.8 Å². The molecule has 0 unspecified atom stereocenters. The van der Waals surface area contributed by atoms with E-state index >= 15 is 0 Å². The van der Waals surface area contributed by atoms with Crippen molar-refractivity contribution in [2.75, 3.05) is 60.6 Å². The molecule has 1 aliphatic heterocycles. The second-order valence-electron chi connectivity index (χ2n) is 12.6. The van der Waals surface area contributed by atoms with Crippen LogP contribution in [-0.4, -0.2) is 129 Å². The van der Waals surface area contributed by atoms with E-state index < -0.39 is 54.1 Å². The lowest BCUT2D eigenvalue weighted by molar-refractivity contribution is -0.143. The molecule has 1 fully saturated rings. The van der Waals surface area contributed by atoms with Crippen molar-refractivity contribution in [3.8, 4) is 0 Å². The minimum Gasteiger partial charge on any atom is -0.467 e. The Morgan fingerprint density at radius 2 is 0.667 bits per heavy atom. The molecule has 1 saturated heterocycles. The molecule has 54 heavy (non-hydrogen) atoms. The summed E-state index contributed by atoms with van der Waals surface area (Å²) >= 11 is 0. The van der Waals surface area contributed by atoms with E-state index in [0.717, 1.165) is 16.7 Å². The fourth-order valence-corrected chi connectivity index (χ4v) is 5.95. The van der Waals surface area contributed by atoms with Crippen molar-refractivity contribution in [1.82, 2.24) is 30.7 Å². The van der Waals surface area contributed by atoms with Crippen molar-refractivity contribution < 1.29 is 43.0 Å². The van der Waals surface area contributed by atoms with Crippen molar-refractivity contribution in [3.05, 3.63) is 108 Å². The molecule has 1 heterocycles. The summed E-state index contributed by atoms with van der Waals surface area (Å²) in [7, 11) is 3.70. The Hall–Kier alpha value is -6.12. The van der Waals surface area contributed by atoms with Gasteiger partial charge in [-0.15, -0.1) is 0 Å². The number of methoxy groups -OCH3 is 3. The van der Waals surface area contributed by atoms with Gasteiger partial charge < -0.3 is 44.9 Å². The number of esters is 3. The SMILES string of the molecule is COC(=O)[C@H](Cc1ccccc1)NC(=O)N1CCN(C(=O)N[C@@H](Cc2ccccc2)C(=O)OC)CCN(C(=O)N[C@@H](Cc2ccccc2)C(=O)OC)CC1. The fourth-order valence-electron chi connectivity index (χ4n) is 5.95. The normalized spacial score (nSPS) is 14.8. The van der Waals surface area contributed by atoms with Crippen LogP contribution in [0.15, 0.2) is 91.0 Å². The van der Waals surface area contributed by atoms with Crippen molar-refractivity contribution in [1.29, 1.82) is 0 Å². The van der Waals surface area contributed by atoms with Crippen LogP contribution in [0, 0.1) is 0 Å². The zero-order valence-electron chi connectivity index (χ0n) is 30.8. The molecule has 3 aromatic carbocycles. The Morgan fingerprint density at radius 3 is 0.870 bits per heavy atom. The summed E-state index contributed by atoms with van der Waals surface area (Å²) in [5.41, 5.74) is 2.40. The fraction of sp³-hybridized carbons (Fsp3) is 0.385. The van der Waals surface area contributed by atoms with Crippen molar-refractivity contribution in [2.24, 2.45) is 0 Å². The van der Waals surface area contributed by atoms with Gasteiger partial charge in [-0.3, -0.25) is 0 Å². The van der Waals surface area contributed by atoms with Crippen LogP contribution in [0.25, 0.3) is 0 Å². The van der Waals surface area contributed by atoms with Crippen LogP contribution in [0.4, 0.5) is 14.4 Å². The summed E-state index contributed by atoms with van der Waals surface area (Å²) in [5.74, 6) is -1.92. The van der Waals surface area contributed by atoms with Gasteiger partial charge in [0.25, 0.3) is 0 Å². The van der Waals surface area contributed by atoms with Gasteiger partial charge in [0.05, 0.1) is 21.3 Å². The summed E-state index contributed by atoms with van der Waals surface area (Å²) in [5, 5.41) is 8.28. The zero-order chi connectivity index (χ0) is 38.9. The molecule has 0 radical (unpaired) electrons. The predicted molar refractivity (Wildman–Crippen MR) is 198 cm³/mol. The molecule has 3 N–H and O–H groups in total. The summed E-state index contributed by atoms with van der Waals surface area (Å²) in [4.78, 5) is 83.9. The first-order chi connectivity index (χ1) is 26.1. The molecule has 0 aromatic heterocycles. The first-order valence-electron chi connectivity index (χ1n) is 17.6. The smallest absolute Gasteiger partial charge is 0.328 e. The van der Waals surface area contributed by atoms with Gasteiger partial charge in [-0.05, 0) is 16.7 Å². The Kier molecular flexibility index (Phi) is 15.7. The number of nitrogens with zero attached hydrogens (tertiary/aromatic N) is 3. The average Bonchev–Trinajstić information content (AvgIpc) is 3.31. The molecule has 0 spiro atoms. The molecule has 1 aliphatic rings. The highest BCUT2D eigenvalue weighted by Crippen LogP contribution is 2.11. The Bertz CT molecular complexity index is 1490. The van der Waals surface area contributed by atoms with E-state index in [1.54, 1.807) is 0 Å². The number of hydrogen-bond donors (Lipinski definition) is 3.